The summed E-state index contributed by atoms with van der Waals surface area (Å²) in [5.41, 5.74) is 10.0. The van der Waals surface area contributed by atoms with Gasteiger partial charge >= 0.3 is 0 Å². The third-order valence-electron chi connectivity index (χ3n) is 10.4. The molecule has 0 unspecified atom stereocenters. The van der Waals surface area contributed by atoms with Crippen molar-refractivity contribution in [3.63, 3.8) is 0 Å². The van der Waals surface area contributed by atoms with Crippen molar-refractivity contribution < 1.29 is 0 Å². The fourth-order valence-electron chi connectivity index (χ4n) is 8.11. The van der Waals surface area contributed by atoms with Crippen LogP contribution >= 0.6 is 0 Å². The monoisotopic (exact) mass is 609 g/mol. The Kier molecular flexibility index (Phi) is 5.86. The van der Waals surface area contributed by atoms with Crippen LogP contribution in [0.4, 0.5) is 0 Å². The van der Waals surface area contributed by atoms with E-state index < -0.39 is 0 Å². The highest BCUT2D eigenvalue weighted by Crippen LogP contribution is 2.47. The van der Waals surface area contributed by atoms with Gasteiger partial charge in [0.05, 0.1) is 0 Å². The molecule has 0 aliphatic carbocycles. The van der Waals surface area contributed by atoms with E-state index in [9.17, 15) is 0 Å². The van der Waals surface area contributed by atoms with Crippen LogP contribution in [-0.2, 0) is 7.05 Å². The Hall–Kier alpha value is -6.18. The van der Waals surface area contributed by atoms with Gasteiger partial charge in [0, 0.05) is 28.9 Å². The van der Waals surface area contributed by atoms with Crippen LogP contribution < -0.4 is 0 Å². The van der Waals surface area contributed by atoms with Crippen molar-refractivity contribution in [2.45, 2.75) is 0 Å². The molecular formula is C47H31N. The van der Waals surface area contributed by atoms with Gasteiger partial charge in [0.1, 0.15) is 0 Å². The predicted molar refractivity (Wildman–Crippen MR) is 207 cm³/mol. The van der Waals surface area contributed by atoms with Crippen LogP contribution in [0.1, 0.15) is 0 Å². The molecule has 0 fully saturated rings. The molecule has 1 heteroatoms. The molecule has 48 heavy (non-hydrogen) atoms. The number of aryl methyl sites for hydroxylation is 1. The molecule has 0 atom stereocenters. The van der Waals surface area contributed by atoms with Gasteiger partial charge in [-0.15, -0.1) is 0 Å². The lowest BCUT2D eigenvalue weighted by atomic mass is 9.83. The molecular weight excluding hydrogens is 579 g/mol. The van der Waals surface area contributed by atoms with Crippen molar-refractivity contribution in [2.75, 3.05) is 0 Å². The number of aromatic nitrogens is 1. The zero-order valence-corrected chi connectivity index (χ0v) is 26.6. The number of fused-ring (bicyclic) bond motifs is 8. The maximum absolute atomic E-state index is 2.42. The number of rotatable bonds is 3. The van der Waals surface area contributed by atoms with Crippen molar-refractivity contribution in [3.8, 4) is 33.4 Å². The average Bonchev–Trinajstić information content (AvgIpc) is 3.44. The maximum Gasteiger partial charge on any atom is 0.0489 e. The number of para-hydroxylation sites is 1. The SMILES string of the molecule is Cn1c2ccccc2c2cc(-c3c4ccccc4c(-c4cccc(-c5ccc6ccccc6c5)c4)c4ccc5ccccc5c34)ccc21. The summed E-state index contributed by atoms with van der Waals surface area (Å²) in [6.45, 7) is 0. The first-order valence-electron chi connectivity index (χ1n) is 16.7. The lowest BCUT2D eigenvalue weighted by molar-refractivity contribution is 1.01. The van der Waals surface area contributed by atoms with E-state index >= 15 is 0 Å². The molecule has 0 saturated heterocycles. The van der Waals surface area contributed by atoms with E-state index in [1.54, 1.807) is 0 Å². The van der Waals surface area contributed by atoms with Gasteiger partial charge in [-0.25, -0.2) is 0 Å². The highest BCUT2D eigenvalue weighted by molar-refractivity contribution is 6.28. The Morgan fingerprint density at radius 3 is 1.75 bits per heavy atom. The first-order valence-corrected chi connectivity index (χ1v) is 16.7. The summed E-state index contributed by atoms with van der Waals surface area (Å²) < 4.78 is 2.31. The Bertz CT molecular complexity index is 2900. The van der Waals surface area contributed by atoms with Gasteiger partial charge in [-0.1, -0.05) is 140 Å². The number of benzene rings is 9. The summed E-state index contributed by atoms with van der Waals surface area (Å²) in [6.07, 6.45) is 0. The fourth-order valence-corrected chi connectivity index (χ4v) is 8.11. The first kappa shape index (κ1) is 27.0. The van der Waals surface area contributed by atoms with Gasteiger partial charge < -0.3 is 4.57 Å². The van der Waals surface area contributed by atoms with Crippen LogP contribution in [-0.4, -0.2) is 4.57 Å². The zero-order valence-electron chi connectivity index (χ0n) is 26.6. The standard InChI is InChI=1S/C47H31N/c1-48-43-20-9-8-17-38(43)42-29-36(24-26-44(42)48)46-40-19-7-6-18-39(40)45(41-25-23-31-12-4-5-16-37(31)47(41)46)35-15-10-14-33(28-35)34-22-21-30-11-2-3-13-32(30)27-34/h2-29H,1H3. The Morgan fingerprint density at radius 1 is 0.312 bits per heavy atom. The molecule has 0 saturated carbocycles. The average molecular weight is 610 g/mol. The van der Waals surface area contributed by atoms with E-state index in [-0.39, 0.29) is 0 Å². The summed E-state index contributed by atoms with van der Waals surface area (Å²) in [5.74, 6) is 0. The zero-order chi connectivity index (χ0) is 31.8. The van der Waals surface area contributed by atoms with Crippen molar-refractivity contribution in [2.24, 2.45) is 7.05 Å². The van der Waals surface area contributed by atoms with Gasteiger partial charge in [0.15, 0.2) is 0 Å². The van der Waals surface area contributed by atoms with Crippen LogP contribution in [0.3, 0.4) is 0 Å². The summed E-state index contributed by atoms with van der Waals surface area (Å²) >= 11 is 0. The van der Waals surface area contributed by atoms with E-state index in [4.69, 9.17) is 0 Å². The summed E-state index contributed by atoms with van der Waals surface area (Å²) in [5, 5.41) is 12.7. The summed E-state index contributed by atoms with van der Waals surface area (Å²) in [6, 6.07) is 62.8. The van der Waals surface area contributed by atoms with Crippen molar-refractivity contribution in [1.29, 1.82) is 0 Å². The van der Waals surface area contributed by atoms with E-state index in [2.05, 4.69) is 181 Å². The third-order valence-corrected chi connectivity index (χ3v) is 10.4. The Labute approximate surface area is 278 Å². The second-order valence-electron chi connectivity index (χ2n) is 13.0. The van der Waals surface area contributed by atoms with Gasteiger partial charge in [0.2, 0.25) is 0 Å². The first-order chi connectivity index (χ1) is 23.7. The van der Waals surface area contributed by atoms with Crippen molar-refractivity contribution in [1.82, 2.24) is 4.57 Å². The normalized spacial score (nSPS) is 11.9. The highest BCUT2D eigenvalue weighted by Gasteiger charge is 2.20. The minimum absolute atomic E-state index is 1.22. The molecule has 0 amide bonds. The van der Waals surface area contributed by atoms with E-state index in [1.807, 2.05) is 0 Å². The largest absolute Gasteiger partial charge is 0.344 e. The highest BCUT2D eigenvalue weighted by atomic mass is 14.9. The van der Waals surface area contributed by atoms with Crippen molar-refractivity contribution >= 4 is 64.9 Å². The van der Waals surface area contributed by atoms with Crippen LogP contribution in [0, 0.1) is 0 Å². The lowest BCUT2D eigenvalue weighted by Crippen LogP contribution is -1.93. The predicted octanol–water partition coefficient (Wildman–Crippen LogP) is 12.9. The number of hydrogen-bond acceptors (Lipinski definition) is 0. The molecule has 0 aliphatic heterocycles. The second kappa shape index (κ2) is 10.4. The van der Waals surface area contributed by atoms with E-state index in [1.165, 1.54) is 98.3 Å². The molecule has 0 bridgehead atoms. The summed E-state index contributed by atoms with van der Waals surface area (Å²) in [4.78, 5) is 0. The number of hydrogen-bond donors (Lipinski definition) is 0. The lowest BCUT2D eigenvalue weighted by Gasteiger charge is -2.20. The fraction of sp³-hybridized carbons (Fsp3) is 0.0213. The minimum atomic E-state index is 1.22. The van der Waals surface area contributed by atoms with E-state index in [0.717, 1.165) is 0 Å². The molecule has 9 aromatic carbocycles. The molecule has 1 nitrogen and oxygen atoms in total. The molecule has 224 valence electrons. The topological polar surface area (TPSA) is 4.93 Å². The minimum Gasteiger partial charge on any atom is -0.344 e. The maximum atomic E-state index is 2.42. The molecule has 0 radical (unpaired) electrons. The van der Waals surface area contributed by atoms with Crippen LogP contribution in [0.2, 0.25) is 0 Å². The molecule has 0 N–H and O–H groups in total. The van der Waals surface area contributed by atoms with Gasteiger partial charge in [-0.2, -0.15) is 0 Å². The van der Waals surface area contributed by atoms with Crippen LogP contribution in [0.5, 0.6) is 0 Å². The van der Waals surface area contributed by atoms with Gasteiger partial charge in [-0.3, -0.25) is 0 Å². The number of nitrogens with zero attached hydrogens (tertiary/aromatic N) is 1. The Morgan fingerprint density at radius 2 is 0.896 bits per heavy atom. The van der Waals surface area contributed by atoms with Gasteiger partial charge in [0.25, 0.3) is 0 Å². The van der Waals surface area contributed by atoms with Crippen LogP contribution in [0.25, 0.3) is 98.3 Å². The second-order valence-corrected chi connectivity index (χ2v) is 13.0. The molecule has 1 aromatic heterocycles. The van der Waals surface area contributed by atoms with Crippen LogP contribution in [0.15, 0.2) is 170 Å². The van der Waals surface area contributed by atoms with E-state index in [0.29, 0.717) is 0 Å². The Balaban J connectivity index is 1.30. The van der Waals surface area contributed by atoms with Gasteiger partial charge in [-0.05, 0) is 107 Å². The summed E-state index contributed by atoms with van der Waals surface area (Å²) in [7, 11) is 2.17. The molecule has 10 aromatic rings. The molecule has 10 rings (SSSR count). The molecule has 0 spiro atoms. The smallest absolute Gasteiger partial charge is 0.0489 e. The third kappa shape index (κ3) is 3.98. The molecule has 0 aliphatic rings. The molecule has 1 heterocycles. The quantitative estimate of drug-likeness (QED) is 0.139. The van der Waals surface area contributed by atoms with Crippen molar-refractivity contribution in [3.05, 3.63) is 170 Å².